The molecule has 0 aliphatic rings. The number of non-ortho nitro benzene ring substituents is 1. The van der Waals surface area contributed by atoms with Crippen LogP contribution in [0.1, 0.15) is 21.5 Å². The highest BCUT2D eigenvalue weighted by atomic mass is 16.6. The average molecular weight is 267 g/mol. The summed E-state index contributed by atoms with van der Waals surface area (Å²) < 4.78 is 0. The van der Waals surface area contributed by atoms with Crippen LogP contribution in [-0.2, 0) is 6.42 Å². The number of carbonyl (C=O) groups is 1. The zero-order valence-corrected chi connectivity index (χ0v) is 10.8. The lowest BCUT2D eigenvalue weighted by Gasteiger charge is -2.07. The Morgan fingerprint density at radius 1 is 1.20 bits per heavy atom. The molecule has 100 valence electrons. The highest BCUT2D eigenvalue weighted by Crippen LogP contribution is 2.21. The van der Waals surface area contributed by atoms with Crippen LogP contribution in [0.2, 0.25) is 0 Å². The number of rotatable bonds is 5. The lowest BCUT2D eigenvalue weighted by Crippen LogP contribution is -2.06. The monoisotopic (exact) mass is 267 g/mol. The van der Waals surface area contributed by atoms with E-state index in [9.17, 15) is 14.9 Å². The van der Waals surface area contributed by atoms with Gasteiger partial charge in [-0.05, 0) is 12.0 Å². The summed E-state index contributed by atoms with van der Waals surface area (Å²) in [5, 5.41) is 10.9. The van der Waals surface area contributed by atoms with Gasteiger partial charge in [-0.1, -0.05) is 42.5 Å². The number of carbonyl (C=O) groups excluding carboxylic acids is 1. The van der Waals surface area contributed by atoms with Crippen LogP contribution in [0, 0.1) is 10.1 Å². The van der Waals surface area contributed by atoms with Crippen molar-refractivity contribution < 1.29 is 9.72 Å². The van der Waals surface area contributed by atoms with Gasteiger partial charge in [-0.15, -0.1) is 6.58 Å². The Morgan fingerprint density at radius 3 is 2.50 bits per heavy atom. The molecule has 0 amide bonds. The minimum absolute atomic E-state index is 0.0860. The summed E-state index contributed by atoms with van der Waals surface area (Å²) in [6, 6.07) is 13.1. The molecular weight excluding hydrogens is 254 g/mol. The normalized spacial score (nSPS) is 10.0. The first kappa shape index (κ1) is 13.7. The molecule has 4 nitrogen and oxygen atoms in total. The quantitative estimate of drug-likeness (QED) is 0.360. The second kappa shape index (κ2) is 5.93. The summed E-state index contributed by atoms with van der Waals surface area (Å²) >= 11 is 0. The van der Waals surface area contributed by atoms with Gasteiger partial charge in [0.15, 0.2) is 5.78 Å². The first-order valence-electron chi connectivity index (χ1n) is 6.11. The summed E-state index contributed by atoms with van der Waals surface area (Å²) in [4.78, 5) is 22.8. The van der Waals surface area contributed by atoms with E-state index < -0.39 is 4.92 Å². The number of hydrogen-bond donors (Lipinski definition) is 0. The third-order valence-corrected chi connectivity index (χ3v) is 2.95. The zero-order chi connectivity index (χ0) is 14.5. The van der Waals surface area contributed by atoms with E-state index in [-0.39, 0.29) is 11.5 Å². The average Bonchev–Trinajstić information content (AvgIpc) is 2.48. The van der Waals surface area contributed by atoms with Crippen LogP contribution in [0.4, 0.5) is 5.69 Å². The van der Waals surface area contributed by atoms with Gasteiger partial charge in [0.1, 0.15) is 0 Å². The first-order chi connectivity index (χ1) is 9.63. The fourth-order valence-corrected chi connectivity index (χ4v) is 1.97. The number of allylic oxidation sites excluding steroid dienone is 1. The van der Waals surface area contributed by atoms with E-state index in [1.807, 2.05) is 6.07 Å². The second-order valence-corrected chi connectivity index (χ2v) is 4.29. The van der Waals surface area contributed by atoms with E-state index in [0.29, 0.717) is 17.5 Å². The second-order valence-electron chi connectivity index (χ2n) is 4.29. The van der Waals surface area contributed by atoms with Crippen LogP contribution in [0.15, 0.2) is 61.2 Å². The van der Waals surface area contributed by atoms with E-state index >= 15 is 0 Å². The van der Waals surface area contributed by atoms with E-state index in [1.165, 1.54) is 12.1 Å². The van der Waals surface area contributed by atoms with Gasteiger partial charge in [-0.25, -0.2) is 0 Å². The van der Waals surface area contributed by atoms with Crippen LogP contribution >= 0.6 is 0 Å². The minimum Gasteiger partial charge on any atom is -0.289 e. The minimum atomic E-state index is -0.501. The molecule has 0 aliphatic carbocycles. The maximum absolute atomic E-state index is 12.5. The SMILES string of the molecule is C=CCc1ccc([N+](=O)[O-])cc1C(=O)c1ccccc1. The maximum atomic E-state index is 12.5. The third kappa shape index (κ3) is 2.80. The highest BCUT2D eigenvalue weighted by Gasteiger charge is 2.17. The molecule has 2 aromatic carbocycles. The van der Waals surface area contributed by atoms with Gasteiger partial charge >= 0.3 is 0 Å². The van der Waals surface area contributed by atoms with Gasteiger partial charge in [0.25, 0.3) is 5.69 Å². The lowest BCUT2D eigenvalue weighted by atomic mass is 9.96. The van der Waals surface area contributed by atoms with E-state index in [1.54, 1.807) is 36.4 Å². The van der Waals surface area contributed by atoms with E-state index in [0.717, 1.165) is 5.56 Å². The number of hydrogen-bond acceptors (Lipinski definition) is 3. The van der Waals surface area contributed by atoms with Gasteiger partial charge < -0.3 is 0 Å². The standard InChI is InChI=1S/C16H13NO3/c1-2-6-12-9-10-14(17(19)20)11-15(12)16(18)13-7-4-3-5-8-13/h2-5,7-11H,1,6H2. The van der Waals surface area contributed by atoms with Crippen molar-refractivity contribution in [2.75, 3.05) is 0 Å². The van der Waals surface area contributed by atoms with Crippen LogP contribution in [-0.4, -0.2) is 10.7 Å². The summed E-state index contributed by atoms with van der Waals surface area (Å²) in [6.07, 6.45) is 2.16. The van der Waals surface area contributed by atoms with Gasteiger partial charge in [0, 0.05) is 23.3 Å². The topological polar surface area (TPSA) is 60.2 Å². The van der Waals surface area contributed by atoms with Crippen molar-refractivity contribution in [1.82, 2.24) is 0 Å². The molecule has 0 saturated carbocycles. The molecule has 0 unspecified atom stereocenters. The van der Waals surface area contributed by atoms with Crippen LogP contribution in [0.5, 0.6) is 0 Å². The zero-order valence-electron chi connectivity index (χ0n) is 10.8. The molecule has 0 aliphatic heterocycles. The van der Waals surface area contributed by atoms with Crippen LogP contribution in [0.25, 0.3) is 0 Å². The van der Waals surface area contributed by atoms with Gasteiger partial charge in [0.2, 0.25) is 0 Å². The lowest BCUT2D eigenvalue weighted by molar-refractivity contribution is -0.384. The molecule has 0 saturated heterocycles. The molecule has 2 aromatic rings. The van der Waals surface area contributed by atoms with Crippen molar-refractivity contribution in [3.05, 3.63) is 88.0 Å². The van der Waals surface area contributed by atoms with Crippen molar-refractivity contribution in [2.24, 2.45) is 0 Å². The maximum Gasteiger partial charge on any atom is 0.270 e. The van der Waals surface area contributed by atoms with Crippen molar-refractivity contribution in [1.29, 1.82) is 0 Å². The van der Waals surface area contributed by atoms with E-state index in [4.69, 9.17) is 0 Å². The molecule has 2 rings (SSSR count). The molecule has 0 bridgehead atoms. The van der Waals surface area contributed by atoms with Crippen molar-refractivity contribution in [3.8, 4) is 0 Å². The largest absolute Gasteiger partial charge is 0.289 e. The molecule has 0 heterocycles. The number of nitro benzene ring substituents is 1. The van der Waals surface area contributed by atoms with Crippen LogP contribution in [0.3, 0.4) is 0 Å². The predicted molar refractivity (Wildman–Crippen MR) is 76.9 cm³/mol. The Bertz CT molecular complexity index is 663. The molecule has 0 N–H and O–H groups in total. The fraction of sp³-hybridized carbons (Fsp3) is 0.0625. The number of ketones is 1. The summed E-state index contributed by atoms with van der Waals surface area (Å²) in [6.45, 7) is 3.64. The molecule has 0 fully saturated rings. The Hall–Kier alpha value is -2.75. The molecule has 0 aromatic heterocycles. The molecular formula is C16H13NO3. The molecule has 0 radical (unpaired) electrons. The summed E-state index contributed by atoms with van der Waals surface area (Å²) in [5.41, 5.74) is 1.51. The Kier molecular flexibility index (Phi) is 4.05. The summed E-state index contributed by atoms with van der Waals surface area (Å²) in [7, 11) is 0. The van der Waals surface area contributed by atoms with Gasteiger partial charge in [-0.2, -0.15) is 0 Å². The summed E-state index contributed by atoms with van der Waals surface area (Å²) in [5.74, 6) is -0.217. The Balaban J connectivity index is 2.52. The number of nitrogens with zero attached hydrogens (tertiary/aromatic N) is 1. The fourth-order valence-electron chi connectivity index (χ4n) is 1.97. The van der Waals surface area contributed by atoms with Crippen LogP contribution < -0.4 is 0 Å². The first-order valence-corrected chi connectivity index (χ1v) is 6.11. The van der Waals surface area contributed by atoms with E-state index in [2.05, 4.69) is 6.58 Å². The Morgan fingerprint density at radius 2 is 1.90 bits per heavy atom. The van der Waals surface area contributed by atoms with Crippen molar-refractivity contribution >= 4 is 11.5 Å². The van der Waals surface area contributed by atoms with Gasteiger partial charge in [0.05, 0.1) is 4.92 Å². The molecule has 4 heteroatoms. The predicted octanol–water partition coefficient (Wildman–Crippen LogP) is 3.55. The third-order valence-electron chi connectivity index (χ3n) is 2.95. The molecule has 0 atom stereocenters. The number of nitro groups is 1. The number of benzene rings is 2. The molecule has 0 spiro atoms. The van der Waals surface area contributed by atoms with Crippen molar-refractivity contribution in [3.63, 3.8) is 0 Å². The molecule has 20 heavy (non-hydrogen) atoms. The van der Waals surface area contributed by atoms with Gasteiger partial charge in [-0.3, -0.25) is 14.9 Å². The van der Waals surface area contributed by atoms with Crippen molar-refractivity contribution in [2.45, 2.75) is 6.42 Å². The smallest absolute Gasteiger partial charge is 0.270 e. The highest BCUT2D eigenvalue weighted by molar-refractivity contribution is 6.10. The Labute approximate surface area is 116 Å².